The van der Waals surface area contributed by atoms with Gasteiger partial charge in [0, 0.05) is 10.6 Å². The van der Waals surface area contributed by atoms with Crippen LogP contribution in [0.5, 0.6) is 11.5 Å². The first kappa shape index (κ1) is 14.8. The SMILES string of the molecule is Oc1ccccc1C1NC(=S)C2Cc3cc(Cl)ccc3OC2N1. The predicted octanol–water partition coefficient (Wildman–Crippen LogP) is 3.14. The summed E-state index contributed by atoms with van der Waals surface area (Å²) < 4.78 is 6.07. The Morgan fingerprint density at radius 2 is 2.04 bits per heavy atom. The molecule has 0 spiro atoms. The Kier molecular flexibility index (Phi) is 3.64. The van der Waals surface area contributed by atoms with E-state index in [-0.39, 0.29) is 24.1 Å². The van der Waals surface area contributed by atoms with Crippen molar-refractivity contribution in [3.05, 3.63) is 58.6 Å². The number of ether oxygens (including phenoxy) is 1. The zero-order valence-corrected chi connectivity index (χ0v) is 13.7. The standard InChI is InChI=1S/C17H15ClN2O2S/c18-10-5-6-14-9(7-10)8-12-16(22-14)19-15(20-17(12)23)11-3-1-2-4-13(11)21/h1-7,12,15-16,19,21H,8H2,(H,20,23). The molecule has 0 saturated carbocycles. The van der Waals surface area contributed by atoms with Crippen molar-refractivity contribution in [3.63, 3.8) is 0 Å². The van der Waals surface area contributed by atoms with Gasteiger partial charge in [-0.05, 0) is 36.2 Å². The molecule has 0 amide bonds. The molecule has 23 heavy (non-hydrogen) atoms. The fourth-order valence-electron chi connectivity index (χ4n) is 3.12. The molecule has 1 fully saturated rings. The quantitative estimate of drug-likeness (QED) is 0.693. The van der Waals surface area contributed by atoms with Gasteiger partial charge >= 0.3 is 0 Å². The van der Waals surface area contributed by atoms with Gasteiger partial charge in [-0.3, -0.25) is 5.32 Å². The number of halogens is 1. The van der Waals surface area contributed by atoms with E-state index in [0.29, 0.717) is 5.02 Å². The molecule has 6 heteroatoms. The number of thiocarbonyl (C=S) groups is 1. The minimum Gasteiger partial charge on any atom is -0.508 e. The first-order valence-corrected chi connectivity index (χ1v) is 8.20. The molecule has 2 aromatic rings. The van der Waals surface area contributed by atoms with E-state index in [4.69, 9.17) is 28.6 Å². The van der Waals surface area contributed by atoms with E-state index >= 15 is 0 Å². The lowest BCUT2D eigenvalue weighted by Crippen LogP contribution is -2.60. The fraction of sp³-hybridized carbons (Fsp3) is 0.235. The molecular formula is C17H15ClN2O2S. The van der Waals surface area contributed by atoms with Crippen LogP contribution in [0, 0.1) is 5.92 Å². The highest BCUT2D eigenvalue weighted by molar-refractivity contribution is 7.80. The number of benzene rings is 2. The molecule has 1 saturated heterocycles. The monoisotopic (exact) mass is 346 g/mol. The summed E-state index contributed by atoms with van der Waals surface area (Å²) in [6.07, 6.45) is 0.258. The second-order valence-corrected chi connectivity index (χ2v) is 6.64. The molecule has 0 bridgehead atoms. The number of phenols is 1. The highest BCUT2D eigenvalue weighted by atomic mass is 35.5. The van der Waals surface area contributed by atoms with E-state index in [1.165, 1.54) is 0 Å². The molecule has 0 aromatic heterocycles. The third kappa shape index (κ3) is 2.65. The largest absolute Gasteiger partial charge is 0.508 e. The van der Waals surface area contributed by atoms with Crippen molar-refractivity contribution in [2.75, 3.05) is 0 Å². The Labute approximate surface area is 144 Å². The van der Waals surface area contributed by atoms with E-state index in [2.05, 4.69) is 10.6 Å². The van der Waals surface area contributed by atoms with Crippen LogP contribution in [-0.4, -0.2) is 16.3 Å². The van der Waals surface area contributed by atoms with E-state index in [9.17, 15) is 5.11 Å². The second kappa shape index (κ2) is 5.67. The minimum absolute atomic E-state index is 0.0399. The van der Waals surface area contributed by atoms with E-state index in [1.54, 1.807) is 12.1 Å². The average molecular weight is 347 g/mol. The molecular weight excluding hydrogens is 332 g/mol. The number of phenolic OH excluding ortho intramolecular Hbond substituents is 1. The van der Waals surface area contributed by atoms with Crippen molar-refractivity contribution in [1.82, 2.24) is 10.6 Å². The molecule has 4 nitrogen and oxygen atoms in total. The highest BCUT2D eigenvalue weighted by Crippen LogP contribution is 2.36. The number of aromatic hydroxyl groups is 1. The number of hydrogen-bond donors (Lipinski definition) is 3. The number of fused-ring (bicyclic) bond motifs is 2. The zero-order valence-electron chi connectivity index (χ0n) is 12.1. The molecule has 3 atom stereocenters. The van der Waals surface area contributed by atoms with E-state index in [0.717, 1.165) is 28.3 Å². The lowest BCUT2D eigenvalue weighted by molar-refractivity contribution is 0.0801. The van der Waals surface area contributed by atoms with Crippen LogP contribution < -0.4 is 15.4 Å². The maximum atomic E-state index is 10.1. The highest BCUT2D eigenvalue weighted by Gasteiger charge is 2.39. The van der Waals surface area contributed by atoms with Crippen LogP contribution in [0.15, 0.2) is 42.5 Å². The van der Waals surface area contributed by atoms with Crippen molar-refractivity contribution >= 4 is 28.8 Å². The van der Waals surface area contributed by atoms with Gasteiger partial charge < -0.3 is 15.2 Å². The Balaban J connectivity index is 1.63. The number of nitrogens with one attached hydrogen (secondary N) is 2. The molecule has 2 aromatic carbocycles. The summed E-state index contributed by atoms with van der Waals surface area (Å²) in [6.45, 7) is 0. The van der Waals surface area contributed by atoms with Crippen LogP contribution in [0.3, 0.4) is 0 Å². The Hall–Kier alpha value is -1.82. The molecule has 2 aliphatic heterocycles. The third-order valence-corrected chi connectivity index (χ3v) is 4.94. The van der Waals surface area contributed by atoms with Gasteiger partial charge in [0.1, 0.15) is 17.7 Å². The van der Waals surface area contributed by atoms with Gasteiger partial charge in [0.15, 0.2) is 6.23 Å². The van der Waals surface area contributed by atoms with Gasteiger partial charge in [0.05, 0.1) is 10.9 Å². The third-order valence-electron chi connectivity index (χ3n) is 4.28. The summed E-state index contributed by atoms with van der Waals surface area (Å²) in [5, 5.41) is 17.4. The number of hydrogen-bond acceptors (Lipinski definition) is 4. The van der Waals surface area contributed by atoms with E-state index < -0.39 is 0 Å². The van der Waals surface area contributed by atoms with Gasteiger partial charge in [-0.2, -0.15) is 0 Å². The van der Waals surface area contributed by atoms with Crippen molar-refractivity contribution in [1.29, 1.82) is 0 Å². The van der Waals surface area contributed by atoms with Crippen LogP contribution in [0.2, 0.25) is 5.02 Å². The molecule has 0 radical (unpaired) electrons. The summed E-state index contributed by atoms with van der Waals surface area (Å²) in [5.41, 5.74) is 1.81. The number of para-hydroxylation sites is 1. The van der Waals surface area contributed by atoms with Gasteiger partial charge in [-0.25, -0.2) is 0 Å². The maximum Gasteiger partial charge on any atom is 0.161 e. The molecule has 4 rings (SSSR count). The Morgan fingerprint density at radius 3 is 2.87 bits per heavy atom. The van der Waals surface area contributed by atoms with Crippen molar-refractivity contribution in [2.24, 2.45) is 5.92 Å². The topological polar surface area (TPSA) is 53.5 Å². The molecule has 2 aliphatic rings. The summed E-state index contributed by atoms with van der Waals surface area (Å²) in [4.78, 5) is 0.729. The first-order valence-electron chi connectivity index (χ1n) is 7.41. The summed E-state index contributed by atoms with van der Waals surface area (Å²) in [6, 6.07) is 12.8. The summed E-state index contributed by atoms with van der Waals surface area (Å²) in [5.74, 6) is 1.09. The Bertz CT molecular complexity index is 783. The van der Waals surface area contributed by atoms with Crippen molar-refractivity contribution < 1.29 is 9.84 Å². The second-order valence-electron chi connectivity index (χ2n) is 5.77. The predicted molar refractivity (Wildman–Crippen MR) is 92.8 cm³/mol. The van der Waals surface area contributed by atoms with Gasteiger partial charge in [-0.1, -0.05) is 42.0 Å². The van der Waals surface area contributed by atoms with Crippen LogP contribution in [-0.2, 0) is 6.42 Å². The van der Waals surface area contributed by atoms with Crippen molar-refractivity contribution in [3.8, 4) is 11.5 Å². The van der Waals surface area contributed by atoms with Gasteiger partial charge in [0.25, 0.3) is 0 Å². The zero-order chi connectivity index (χ0) is 16.0. The minimum atomic E-state index is -0.279. The normalized spacial score (nSPS) is 25.8. The molecule has 3 N–H and O–H groups in total. The van der Waals surface area contributed by atoms with Crippen LogP contribution in [0.4, 0.5) is 0 Å². The average Bonchev–Trinajstić information content (AvgIpc) is 2.54. The first-order chi connectivity index (χ1) is 11.1. The van der Waals surface area contributed by atoms with Crippen LogP contribution in [0.25, 0.3) is 0 Å². The Morgan fingerprint density at radius 1 is 1.22 bits per heavy atom. The van der Waals surface area contributed by atoms with Gasteiger partial charge in [-0.15, -0.1) is 0 Å². The molecule has 0 aliphatic carbocycles. The smallest absolute Gasteiger partial charge is 0.161 e. The molecule has 3 unspecified atom stereocenters. The van der Waals surface area contributed by atoms with Gasteiger partial charge in [0.2, 0.25) is 0 Å². The summed E-state index contributed by atoms with van der Waals surface area (Å²) >= 11 is 11.6. The number of rotatable bonds is 1. The lowest BCUT2D eigenvalue weighted by Gasteiger charge is -2.42. The fourth-order valence-corrected chi connectivity index (χ4v) is 3.64. The van der Waals surface area contributed by atoms with Crippen LogP contribution in [0.1, 0.15) is 17.3 Å². The maximum absolute atomic E-state index is 10.1. The summed E-state index contributed by atoms with van der Waals surface area (Å²) in [7, 11) is 0. The lowest BCUT2D eigenvalue weighted by atomic mass is 9.91. The van der Waals surface area contributed by atoms with E-state index in [1.807, 2.05) is 30.3 Å². The van der Waals surface area contributed by atoms with Crippen LogP contribution >= 0.6 is 23.8 Å². The van der Waals surface area contributed by atoms with Crippen molar-refractivity contribution in [2.45, 2.75) is 18.8 Å². The molecule has 2 heterocycles. The molecule has 118 valence electrons.